The number of Topliss-reactive ketones (excluding diaryl/α,β-unsaturated/α-hetero) is 1. The molecule has 1 saturated heterocycles. The average molecular weight is 405 g/mol. The highest BCUT2D eigenvalue weighted by atomic mass is 32.2. The summed E-state index contributed by atoms with van der Waals surface area (Å²) in [7, 11) is -3.51. The molecule has 0 saturated carbocycles. The first-order chi connectivity index (χ1) is 13.0. The summed E-state index contributed by atoms with van der Waals surface area (Å²) in [6.07, 6.45) is 4.60. The molecule has 2 aromatic rings. The number of hydrogen-bond acceptors (Lipinski definition) is 6. The van der Waals surface area contributed by atoms with Crippen molar-refractivity contribution in [3.63, 3.8) is 0 Å². The molecule has 0 aliphatic carbocycles. The summed E-state index contributed by atoms with van der Waals surface area (Å²) in [5, 5.41) is 3.77. The molecule has 27 heavy (non-hydrogen) atoms. The zero-order valence-electron chi connectivity index (χ0n) is 14.5. The largest absolute Gasteiger partial charge is 0.454 e. The summed E-state index contributed by atoms with van der Waals surface area (Å²) >= 11 is 1.51. The minimum Gasteiger partial charge on any atom is -0.454 e. The van der Waals surface area contributed by atoms with Crippen molar-refractivity contribution in [1.82, 2.24) is 4.31 Å². The van der Waals surface area contributed by atoms with Crippen LogP contribution < -0.4 is 0 Å². The number of carbonyl (C=O) groups excluding carboxylic acids is 2. The third-order valence-electron chi connectivity index (χ3n) is 4.18. The molecule has 0 N–H and O–H groups in total. The third-order valence-corrected chi connectivity index (χ3v) is 6.79. The maximum atomic E-state index is 12.5. The second kappa shape index (κ2) is 8.60. The Hall–Kier alpha value is -2.29. The van der Waals surface area contributed by atoms with Crippen molar-refractivity contribution in [1.29, 1.82) is 0 Å². The lowest BCUT2D eigenvalue weighted by Gasteiger charge is -2.15. The van der Waals surface area contributed by atoms with Crippen LogP contribution in [0.1, 0.15) is 28.8 Å². The van der Waals surface area contributed by atoms with E-state index in [0.29, 0.717) is 18.7 Å². The minimum absolute atomic E-state index is 0.164. The van der Waals surface area contributed by atoms with Crippen LogP contribution in [0.15, 0.2) is 52.1 Å². The number of carbonyl (C=O) groups is 2. The number of ketones is 1. The molecule has 0 unspecified atom stereocenters. The predicted molar refractivity (Wildman–Crippen MR) is 103 cm³/mol. The molecule has 8 heteroatoms. The Morgan fingerprint density at radius 1 is 1.11 bits per heavy atom. The number of thiophene rings is 1. The molecule has 1 aromatic heterocycles. The Morgan fingerprint density at radius 2 is 1.81 bits per heavy atom. The fraction of sp³-hybridized carbons (Fsp3) is 0.263. The summed E-state index contributed by atoms with van der Waals surface area (Å²) in [6.45, 7) is 0.654. The normalized spacial score (nSPS) is 15.3. The third kappa shape index (κ3) is 4.91. The molecular weight excluding hydrogens is 386 g/mol. The fourth-order valence-electron chi connectivity index (χ4n) is 2.69. The molecule has 2 heterocycles. The van der Waals surface area contributed by atoms with Crippen LogP contribution in [-0.4, -0.2) is 44.2 Å². The van der Waals surface area contributed by atoms with Crippen LogP contribution in [0.2, 0.25) is 0 Å². The fourth-order valence-corrected chi connectivity index (χ4v) is 4.84. The molecule has 1 aromatic carbocycles. The highest BCUT2D eigenvalue weighted by Gasteiger charge is 2.27. The van der Waals surface area contributed by atoms with Gasteiger partial charge in [-0.3, -0.25) is 4.79 Å². The molecule has 0 atom stereocenters. The van der Waals surface area contributed by atoms with E-state index in [1.165, 1.54) is 46.0 Å². The molecule has 1 aliphatic rings. The van der Waals surface area contributed by atoms with Gasteiger partial charge in [-0.15, -0.1) is 0 Å². The summed E-state index contributed by atoms with van der Waals surface area (Å²) < 4.78 is 31.3. The van der Waals surface area contributed by atoms with E-state index in [-0.39, 0.29) is 4.90 Å². The van der Waals surface area contributed by atoms with Gasteiger partial charge < -0.3 is 4.74 Å². The van der Waals surface area contributed by atoms with E-state index in [4.69, 9.17) is 4.74 Å². The van der Waals surface area contributed by atoms with Crippen molar-refractivity contribution in [3.05, 3.63) is 58.3 Å². The van der Waals surface area contributed by atoms with Gasteiger partial charge >= 0.3 is 5.97 Å². The zero-order chi connectivity index (χ0) is 19.3. The van der Waals surface area contributed by atoms with Gasteiger partial charge in [0.25, 0.3) is 0 Å². The number of benzene rings is 1. The Bertz CT molecular complexity index is 925. The van der Waals surface area contributed by atoms with E-state index in [2.05, 4.69) is 0 Å². The van der Waals surface area contributed by atoms with Crippen LogP contribution in [0.3, 0.4) is 0 Å². The average Bonchev–Trinajstić information content (AvgIpc) is 3.38. The Kier molecular flexibility index (Phi) is 6.20. The molecule has 3 rings (SSSR count). The lowest BCUT2D eigenvalue weighted by molar-refractivity contribution is -0.136. The van der Waals surface area contributed by atoms with Crippen molar-refractivity contribution < 1.29 is 22.7 Å². The van der Waals surface area contributed by atoms with Gasteiger partial charge in [0.05, 0.1) is 4.90 Å². The zero-order valence-corrected chi connectivity index (χ0v) is 16.2. The molecule has 0 radical (unpaired) electrons. The maximum Gasteiger partial charge on any atom is 0.331 e. The van der Waals surface area contributed by atoms with Crippen LogP contribution in [0, 0.1) is 0 Å². The molecule has 1 fully saturated rings. The number of sulfonamides is 1. The van der Waals surface area contributed by atoms with Gasteiger partial charge in [-0.25, -0.2) is 13.2 Å². The monoisotopic (exact) mass is 405 g/mol. The van der Waals surface area contributed by atoms with Crippen LogP contribution in [0.5, 0.6) is 0 Å². The lowest BCUT2D eigenvalue weighted by Crippen LogP contribution is -2.27. The molecular formula is C19H19NO5S2. The minimum atomic E-state index is -3.51. The van der Waals surface area contributed by atoms with Crippen LogP contribution in [0.25, 0.3) is 6.08 Å². The summed E-state index contributed by atoms with van der Waals surface area (Å²) in [5.74, 6) is -1.000. The summed E-state index contributed by atoms with van der Waals surface area (Å²) in [5.41, 5.74) is 1.18. The van der Waals surface area contributed by atoms with Crippen molar-refractivity contribution in [2.24, 2.45) is 0 Å². The van der Waals surface area contributed by atoms with E-state index < -0.39 is 28.4 Å². The smallest absolute Gasteiger partial charge is 0.331 e. The standard InChI is InChI=1S/C19H19NO5S2/c21-18(13-25-19(22)8-3-15-9-12-26-14-15)16-4-6-17(7-5-16)27(23,24)20-10-1-2-11-20/h3-9,12,14H,1-2,10-11,13H2/b8-3+. The van der Waals surface area contributed by atoms with E-state index >= 15 is 0 Å². The molecule has 0 bridgehead atoms. The summed E-state index contributed by atoms with van der Waals surface area (Å²) in [4.78, 5) is 24.0. The van der Waals surface area contributed by atoms with Gasteiger partial charge in [-0.05, 0) is 65.6 Å². The Labute approximate surface area is 162 Å². The van der Waals surface area contributed by atoms with Crippen LogP contribution in [0.4, 0.5) is 0 Å². The van der Waals surface area contributed by atoms with Crippen molar-refractivity contribution in [2.75, 3.05) is 19.7 Å². The quantitative estimate of drug-likeness (QED) is 0.402. The van der Waals surface area contributed by atoms with Gasteiger partial charge in [0, 0.05) is 24.7 Å². The van der Waals surface area contributed by atoms with E-state index in [9.17, 15) is 18.0 Å². The van der Waals surface area contributed by atoms with Gasteiger partial charge in [0.2, 0.25) is 10.0 Å². The lowest BCUT2D eigenvalue weighted by atomic mass is 10.1. The highest BCUT2D eigenvalue weighted by Crippen LogP contribution is 2.21. The van der Waals surface area contributed by atoms with E-state index in [1.807, 2.05) is 16.8 Å². The first-order valence-corrected chi connectivity index (χ1v) is 10.9. The first kappa shape index (κ1) is 19.5. The number of esters is 1. The number of ether oxygens (including phenoxy) is 1. The van der Waals surface area contributed by atoms with Gasteiger partial charge in [-0.1, -0.05) is 0 Å². The van der Waals surface area contributed by atoms with E-state index in [1.54, 1.807) is 6.08 Å². The second-order valence-electron chi connectivity index (χ2n) is 6.06. The first-order valence-electron chi connectivity index (χ1n) is 8.47. The second-order valence-corrected chi connectivity index (χ2v) is 8.77. The number of nitrogens with zero attached hydrogens (tertiary/aromatic N) is 1. The van der Waals surface area contributed by atoms with Crippen LogP contribution in [-0.2, 0) is 19.6 Å². The van der Waals surface area contributed by atoms with E-state index in [0.717, 1.165) is 18.4 Å². The summed E-state index contributed by atoms with van der Waals surface area (Å²) in [6, 6.07) is 7.58. The van der Waals surface area contributed by atoms with Crippen molar-refractivity contribution in [3.8, 4) is 0 Å². The molecule has 1 aliphatic heterocycles. The SMILES string of the molecule is O=C(/C=C/c1ccsc1)OCC(=O)c1ccc(S(=O)(=O)N2CCCC2)cc1. The Morgan fingerprint density at radius 3 is 2.44 bits per heavy atom. The molecule has 142 valence electrons. The van der Waals surface area contributed by atoms with Crippen molar-refractivity contribution >= 4 is 39.2 Å². The molecule has 0 spiro atoms. The van der Waals surface area contributed by atoms with Crippen LogP contribution >= 0.6 is 11.3 Å². The van der Waals surface area contributed by atoms with Gasteiger partial charge in [0.15, 0.2) is 12.4 Å². The number of rotatable bonds is 7. The highest BCUT2D eigenvalue weighted by molar-refractivity contribution is 7.89. The topological polar surface area (TPSA) is 80.8 Å². The van der Waals surface area contributed by atoms with Crippen molar-refractivity contribution in [2.45, 2.75) is 17.7 Å². The molecule has 6 nitrogen and oxygen atoms in total. The van der Waals surface area contributed by atoms with Gasteiger partial charge in [-0.2, -0.15) is 15.6 Å². The number of hydrogen-bond donors (Lipinski definition) is 0. The molecule has 0 amide bonds. The van der Waals surface area contributed by atoms with Gasteiger partial charge in [0.1, 0.15) is 0 Å². The maximum absolute atomic E-state index is 12.5. The Balaban J connectivity index is 1.56. The predicted octanol–water partition coefficient (Wildman–Crippen LogP) is 2.97.